The predicted molar refractivity (Wildman–Crippen MR) is 103 cm³/mol. The number of aliphatic hydroxyl groups excluding tert-OH is 1. The Hall–Kier alpha value is -2.93. The Morgan fingerprint density at radius 3 is 2.46 bits per heavy atom. The Labute approximate surface area is 163 Å². The second-order valence-electron chi connectivity index (χ2n) is 6.83. The number of nitrogens with zero attached hydrogens (tertiary/aromatic N) is 1. The zero-order chi connectivity index (χ0) is 19.9. The third kappa shape index (κ3) is 5.29. The molecule has 2 aromatic rings. The number of benzene rings is 2. The molecule has 0 aromatic heterocycles. The molecule has 2 aromatic carbocycles. The van der Waals surface area contributed by atoms with Crippen LogP contribution in [0.4, 0.5) is 9.18 Å². The van der Waals surface area contributed by atoms with Gasteiger partial charge >= 0.3 is 6.03 Å². The first-order valence-electron chi connectivity index (χ1n) is 9.33. The van der Waals surface area contributed by atoms with E-state index in [-0.39, 0.29) is 24.3 Å². The fourth-order valence-corrected chi connectivity index (χ4v) is 3.24. The van der Waals surface area contributed by atoms with Crippen molar-refractivity contribution in [2.24, 2.45) is 0 Å². The van der Waals surface area contributed by atoms with Crippen LogP contribution < -0.4 is 10.6 Å². The van der Waals surface area contributed by atoms with E-state index in [9.17, 15) is 19.1 Å². The molecule has 3 rings (SSSR count). The number of urea groups is 1. The summed E-state index contributed by atoms with van der Waals surface area (Å²) in [5.74, 6) is -0.293. The summed E-state index contributed by atoms with van der Waals surface area (Å²) in [5.41, 5.74) is 1.42. The van der Waals surface area contributed by atoms with Gasteiger partial charge in [-0.3, -0.25) is 4.79 Å². The van der Waals surface area contributed by atoms with E-state index in [0.717, 1.165) is 12.0 Å². The highest BCUT2D eigenvalue weighted by Gasteiger charge is 2.25. The lowest BCUT2D eigenvalue weighted by Crippen LogP contribution is -2.44. The molecule has 2 atom stereocenters. The van der Waals surface area contributed by atoms with E-state index in [1.165, 1.54) is 24.3 Å². The topological polar surface area (TPSA) is 81.7 Å². The maximum Gasteiger partial charge on any atom is 0.315 e. The van der Waals surface area contributed by atoms with Gasteiger partial charge in [-0.1, -0.05) is 42.5 Å². The molecule has 0 saturated carbocycles. The zero-order valence-corrected chi connectivity index (χ0v) is 15.5. The highest BCUT2D eigenvalue weighted by atomic mass is 19.1. The van der Waals surface area contributed by atoms with Crippen LogP contribution in [-0.4, -0.2) is 41.6 Å². The van der Waals surface area contributed by atoms with E-state index in [4.69, 9.17) is 0 Å². The van der Waals surface area contributed by atoms with E-state index >= 15 is 0 Å². The first-order chi connectivity index (χ1) is 13.5. The minimum Gasteiger partial charge on any atom is -0.387 e. The van der Waals surface area contributed by atoms with Gasteiger partial charge in [0.15, 0.2) is 0 Å². The number of hydrogen-bond donors (Lipinski definition) is 3. The summed E-state index contributed by atoms with van der Waals surface area (Å²) in [6.07, 6.45) is 0.426. The second-order valence-corrected chi connectivity index (χ2v) is 6.83. The van der Waals surface area contributed by atoms with Crippen LogP contribution in [0.25, 0.3) is 0 Å². The van der Waals surface area contributed by atoms with E-state index in [1.807, 2.05) is 30.3 Å². The van der Waals surface area contributed by atoms with Crippen molar-refractivity contribution in [3.05, 3.63) is 71.5 Å². The Morgan fingerprint density at radius 1 is 1.11 bits per heavy atom. The number of hydrogen-bond acceptors (Lipinski definition) is 3. The van der Waals surface area contributed by atoms with Crippen molar-refractivity contribution < 1.29 is 19.1 Å². The molecule has 7 heteroatoms. The van der Waals surface area contributed by atoms with Gasteiger partial charge < -0.3 is 20.6 Å². The molecular formula is C21H24FN3O3. The highest BCUT2D eigenvalue weighted by Crippen LogP contribution is 2.18. The molecule has 1 heterocycles. The number of carbonyl (C=O) groups excluding carboxylic acids is 2. The molecule has 0 spiro atoms. The smallest absolute Gasteiger partial charge is 0.315 e. The van der Waals surface area contributed by atoms with Crippen LogP contribution in [0.15, 0.2) is 54.6 Å². The molecule has 1 aliphatic rings. The minimum atomic E-state index is -0.943. The van der Waals surface area contributed by atoms with Crippen molar-refractivity contribution in [3.63, 3.8) is 0 Å². The SMILES string of the molecule is O=C(NCC(O)c1ccc(F)cc1)NC(CN1CCCC1=O)c1ccccc1. The molecule has 1 fully saturated rings. The molecule has 1 saturated heterocycles. The summed E-state index contributed by atoms with van der Waals surface area (Å²) in [6, 6.07) is 14.1. The molecule has 148 valence electrons. The molecule has 0 bridgehead atoms. The molecule has 2 unspecified atom stereocenters. The Bertz CT molecular complexity index is 798. The van der Waals surface area contributed by atoms with E-state index < -0.39 is 12.1 Å². The molecule has 1 aliphatic heterocycles. The summed E-state index contributed by atoms with van der Waals surface area (Å²) in [7, 11) is 0. The zero-order valence-electron chi connectivity index (χ0n) is 15.5. The molecule has 0 radical (unpaired) electrons. The molecule has 3 N–H and O–H groups in total. The highest BCUT2D eigenvalue weighted by molar-refractivity contribution is 5.78. The van der Waals surface area contributed by atoms with Crippen molar-refractivity contribution in [3.8, 4) is 0 Å². The number of nitrogens with one attached hydrogen (secondary N) is 2. The van der Waals surface area contributed by atoms with Gasteiger partial charge in [-0.15, -0.1) is 0 Å². The number of halogens is 1. The fourth-order valence-electron chi connectivity index (χ4n) is 3.24. The third-order valence-corrected chi connectivity index (χ3v) is 4.79. The van der Waals surface area contributed by atoms with Gasteiger partial charge in [-0.05, 0) is 29.7 Å². The number of likely N-dealkylation sites (tertiary alicyclic amines) is 1. The van der Waals surface area contributed by atoms with Crippen molar-refractivity contribution in [2.45, 2.75) is 25.0 Å². The maximum absolute atomic E-state index is 13.0. The first kappa shape index (κ1) is 19.8. The Kier molecular flexibility index (Phi) is 6.60. The van der Waals surface area contributed by atoms with Crippen LogP contribution in [0.5, 0.6) is 0 Å². The van der Waals surface area contributed by atoms with Gasteiger partial charge in [0.25, 0.3) is 0 Å². The van der Waals surface area contributed by atoms with Crippen molar-refractivity contribution in [2.75, 3.05) is 19.6 Å². The molecule has 0 aliphatic carbocycles. The number of aliphatic hydroxyl groups is 1. The van der Waals surface area contributed by atoms with Gasteiger partial charge in [0.1, 0.15) is 5.82 Å². The number of carbonyl (C=O) groups is 2. The quantitative estimate of drug-likeness (QED) is 0.685. The lowest BCUT2D eigenvalue weighted by molar-refractivity contribution is -0.128. The molecule has 28 heavy (non-hydrogen) atoms. The van der Waals surface area contributed by atoms with Gasteiger partial charge in [0.05, 0.1) is 12.1 Å². The summed E-state index contributed by atoms with van der Waals surface area (Å²) in [4.78, 5) is 26.1. The maximum atomic E-state index is 13.0. The van der Waals surface area contributed by atoms with Gasteiger partial charge in [0.2, 0.25) is 5.91 Å². The summed E-state index contributed by atoms with van der Waals surface area (Å²) < 4.78 is 13.0. The van der Waals surface area contributed by atoms with Crippen molar-refractivity contribution in [1.82, 2.24) is 15.5 Å². The lowest BCUT2D eigenvalue weighted by atomic mass is 10.1. The summed E-state index contributed by atoms with van der Waals surface area (Å²) in [5, 5.41) is 15.7. The lowest BCUT2D eigenvalue weighted by Gasteiger charge is -2.25. The van der Waals surface area contributed by atoms with E-state index in [1.54, 1.807) is 4.90 Å². The summed E-state index contributed by atoms with van der Waals surface area (Å²) >= 11 is 0. The summed E-state index contributed by atoms with van der Waals surface area (Å²) in [6.45, 7) is 1.08. The fraction of sp³-hybridized carbons (Fsp3) is 0.333. The second kappa shape index (κ2) is 9.32. The van der Waals surface area contributed by atoms with Crippen molar-refractivity contribution in [1.29, 1.82) is 0 Å². The van der Waals surface area contributed by atoms with Crippen LogP contribution in [-0.2, 0) is 4.79 Å². The molecule has 3 amide bonds. The van der Waals surface area contributed by atoms with Gasteiger partial charge in [-0.2, -0.15) is 0 Å². The Morgan fingerprint density at radius 2 is 1.82 bits per heavy atom. The van der Waals surface area contributed by atoms with E-state index in [0.29, 0.717) is 25.1 Å². The van der Waals surface area contributed by atoms with E-state index in [2.05, 4.69) is 10.6 Å². The largest absolute Gasteiger partial charge is 0.387 e. The average molecular weight is 385 g/mol. The van der Waals surface area contributed by atoms with Crippen LogP contribution >= 0.6 is 0 Å². The third-order valence-electron chi connectivity index (χ3n) is 4.79. The number of rotatable bonds is 7. The Balaban J connectivity index is 1.59. The van der Waals surface area contributed by atoms with Gasteiger partial charge in [-0.25, -0.2) is 9.18 Å². The first-order valence-corrected chi connectivity index (χ1v) is 9.33. The molecular weight excluding hydrogens is 361 g/mol. The normalized spacial score (nSPS) is 15.9. The average Bonchev–Trinajstić information content (AvgIpc) is 3.11. The van der Waals surface area contributed by atoms with Crippen LogP contribution in [0.3, 0.4) is 0 Å². The van der Waals surface area contributed by atoms with Crippen LogP contribution in [0, 0.1) is 5.82 Å². The molecule has 6 nitrogen and oxygen atoms in total. The monoisotopic (exact) mass is 385 g/mol. The van der Waals surface area contributed by atoms with Crippen LogP contribution in [0.1, 0.15) is 36.1 Å². The minimum absolute atomic E-state index is 0.0123. The standard InChI is InChI=1S/C21H24FN3O3/c22-17-10-8-16(9-11-17)19(26)13-23-21(28)24-18(15-5-2-1-3-6-15)14-25-12-4-7-20(25)27/h1-3,5-6,8-11,18-19,26H,4,7,12-14H2,(H2,23,24,28). The predicted octanol–water partition coefficient (Wildman–Crippen LogP) is 2.52. The van der Waals surface area contributed by atoms with Crippen molar-refractivity contribution >= 4 is 11.9 Å². The van der Waals surface area contributed by atoms with Gasteiger partial charge in [0, 0.05) is 26.1 Å². The van der Waals surface area contributed by atoms with Crippen LogP contribution in [0.2, 0.25) is 0 Å². The number of amides is 3.